The molecule has 1 heteroatoms. The molecule has 0 radical (unpaired) electrons. The summed E-state index contributed by atoms with van der Waals surface area (Å²) in [7, 11) is 0. The molecule has 0 aliphatic carbocycles. The third-order valence-electron chi connectivity index (χ3n) is 3.71. The molecule has 0 fully saturated rings. The first-order valence-electron chi connectivity index (χ1n) is 10.4. The summed E-state index contributed by atoms with van der Waals surface area (Å²) in [4.78, 5) is 4.74. The van der Waals surface area contributed by atoms with E-state index in [-0.39, 0.29) is 6.42 Å². The van der Waals surface area contributed by atoms with Crippen molar-refractivity contribution in [2.45, 2.75) is 34.0 Å². The van der Waals surface area contributed by atoms with Crippen LogP contribution in [0.2, 0.25) is 0 Å². The maximum Gasteiger partial charge on any atom is 0.0712 e. The zero-order valence-corrected chi connectivity index (χ0v) is 12.9. The Morgan fingerprint density at radius 2 is 1.68 bits per heavy atom. The summed E-state index contributed by atoms with van der Waals surface area (Å²) in [5.41, 5.74) is 5.55. The molecule has 1 heterocycles. The number of benzene rings is 2. The summed E-state index contributed by atoms with van der Waals surface area (Å²) in [6, 6.07) is 15.6. The summed E-state index contributed by atoms with van der Waals surface area (Å²) in [5.74, 6) is -1.40. The maximum absolute atomic E-state index is 7.60. The van der Waals surface area contributed by atoms with Crippen molar-refractivity contribution in [1.29, 1.82) is 0 Å². The first-order valence-corrected chi connectivity index (χ1v) is 7.42. The number of nitrogens with zero attached hydrogens (tertiary/aromatic N) is 1. The van der Waals surface area contributed by atoms with Crippen molar-refractivity contribution in [3.8, 4) is 11.3 Å². The van der Waals surface area contributed by atoms with Crippen LogP contribution in [-0.4, -0.2) is 4.98 Å². The lowest BCUT2D eigenvalue weighted by atomic mass is 10.0. The van der Waals surface area contributed by atoms with E-state index < -0.39 is 19.6 Å². The van der Waals surface area contributed by atoms with Crippen LogP contribution in [0, 0.1) is 19.8 Å². The molecule has 0 atom stereocenters. The van der Waals surface area contributed by atoms with E-state index in [1.807, 2.05) is 32.0 Å². The second kappa shape index (κ2) is 5.92. The molecule has 0 saturated carbocycles. The van der Waals surface area contributed by atoms with Gasteiger partial charge in [-0.05, 0) is 56.0 Å². The van der Waals surface area contributed by atoms with Gasteiger partial charge in [0, 0.05) is 19.2 Å². The SMILES string of the molecule is [2H]C([2H])([2H])C(Cc1ccc2ccc(-c3cc(C)cc(C)c3)nc2c1)C([2H])([2H])[2H]. The van der Waals surface area contributed by atoms with Crippen LogP contribution in [0.3, 0.4) is 0 Å². The predicted octanol–water partition coefficient (Wildman–Crippen LogP) is 5.72. The molecule has 0 unspecified atom stereocenters. The van der Waals surface area contributed by atoms with E-state index in [2.05, 4.69) is 18.2 Å². The lowest BCUT2D eigenvalue weighted by molar-refractivity contribution is 0.648. The van der Waals surface area contributed by atoms with E-state index in [0.29, 0.717) is 5.56 Å². The summed E-state index contributed by atoms with van der Waals surface area (Å²) in [5, 5.41) is 0.927. The fraction of sp³-hybridized carbons (Fsp3) is 0.286. The van der Waals surface area contributed by atoms with E-state index in [9.17, 15) is 0 Å². The summed E-state index contributed by atoms with van der Waals surface area (Å²) in [6.07, 6.45) is -0.0433. The number of hydrogen-bond acceptors (Lipinski definition) is 1. The number of pyridine rings is 1. The summed E-state index contributed by atoms with van der Waals surface area (Å²) in [6.45, 7) is -1.01. The number of hydrogen-bond donors (Lipinski definition) is 0. The zero-order chi connectivity index (χ0) is 20.7. The fourth-order valence-corrected chi connectivity index (χ4v) is 2.81. The molecule has 1 aromatic heterocycles. The first-order chi connectivity index (χ1) is 12.9. The van der Waals surface area contributed by atoms with Crippen molar-refractivity contribution in [3.05, 3.63) is 65.2 Å². The Balaban J connectivity index is 2.00. The lowest BCUT2D eigenvalue weighted by Crippen LogP contribution is -1.94. The van der Waals surface area contributed by atoms with Gasteiger partial charge in [-0.15, -0.1) is 0 Å². The third-order valence-corrected chi connectivity index (χ3v) is 3.71. The monoisotopic (exact) mass is 295 g/mol. The zero-order valence-electron chi connectivity index (χ0n) is 18.9. The lowest BCUT2D eigenvalue weighted by Gasteiger charge is -2.09. The highest BCUT2D eigenvalue weighted by Gasteiger charge is 2.05. The van der Waals surface area contributed by atoms with E-state index >= 15 is 0 Å². The molecule has 0 spiro atoms. The van der Waals surface area contributed by atoms with Crippen molar-refractivity contribution in [2.75, 3.05) is 0 Å². The number of aryl methyl sites for hydroxylation is 2. The van der Waals surface area contributed by atoms with Crippen molar-refractivity contribution in [1.82, 2.24) is 4.98 Å². The topological polar surface area (TPSA) is 12.9 Å². The standard InChI is InChI=1S/C21H23N/c1-14(2)9-17-5-6-18-7-8-20(22-21(18)13-17)19-11-15(3)10-16(4)12-19/h5-8,10-14H,9H2,1-4H3/i1D3,2D3. The average molecular weight is 295 g/mol. The van der Waals surface area contributed by atoms with Gasteiger partial charge in [-0.2, -0.15) is 0 Å². The number of aromatic nitrogens is 1. The van der Waals surface area contributed by atoms with Crippen LogP contribution in [0.15, 0.2) is 48.5 Å². The van der Waals surface area contributed by atoms with Gasteiger partial charge in [0.25, 0.3) is 0 Å². The molecule has 0 aliphatic heterocycles. The molecule has 2 aromatic carbocycles. The second-order valence-corrected chi connectivity index (χ2v) is 5.86. The Morgan fingerprint density at radius 3 is 2.41 bits per heavy atom. The van der Waals surface area contributed by atoms with Crippen LogP contribution in [-0.2, 0) is 6.42 Å². The van der Waals surface area contributed by atoms with Gasteiger partial charge in [0.1, 0.15) is 0 Å². The molecular formula is C21H23N. The van der Waals surface area contributed by atoms with Gasteiger partial charge in [0.05, 0.1) is 11.2 Å². The highest BCUT2D eigenvalue weighted by Crippen LogP contribution is 2.24. The van der Waals surface area contributed by atoms with E-state index in [4.69, 9.17) is 13.2 Å². The van der Waals surface area contributed by atoms with Gasteiger partial charge >= 0.3 is 0 Å². The minimum absolute atomic E-state index is 0.0433. The van der Waals surface area contributed by atoms with Gasteiger partial charge in [0.15, 0.2) is 0 Å². The molecule has 22 heavy (non-hydrogen) atoms. The molecule has 3 aromatic rings. The van der Waals surface area contributed by atoms with Gasteiger partial charge in [-0.3, -0.25) is 0 Å². The fourth-order valence-electron chi connectivity index (χ4n) is 2.81. The molecule has 0 amide bonds. The van der Waals surface area contributed by atoms with Crippen molar-refractivity contribution in [3.63, 3.8) is 0 Å². The average Bonchev–Trinajstić information content (AvgIpc) is 2.56. The van der Waals surface area contributed by atoms with Crippen LogP contribution in [0.4, 0.5) is 0 Å². The van der Waals surface area contributed by atoms with Crippen molar-refractivity contribution >= 4 is 10.9 Å². The Hall–Kier alpha value is -2.15. The molecule has 0 aliphatic rings. The molecule has 0 saturated heterocycles. The summed E-state index contributed by atoms with van der Waals surface area (Å²) < 4.78 is 45.6. The molecular weight excluding hydrogens is 266 g/mol. The van der Waals surface area contributed by atoms with Crippen molar-refractivity contribution < 1.29 is 8.22 Å². The Kier molecular flexibility index (Phi) is 2.45. The van der Waals surface area contributed by atoms with Crippen LogP contribution in [0.25, 0.3) is 22.2 Å². The van der Waals surface area contributed by atoms with Crippen molar-refractivity contribution in [2.24, 2.45) is 5.92 Å². The first kappa shape index (κ1) is 9.09. The van der Waals surface area contributed by atoms with Crippen LogP contribution >= 0.6 is 0 Å². The van der Waals surface area contributed by atoms with Crippen LogP contribution in [0.5, 0.6) is 0 Å². The smallest absolute Gasteiger partial charge is 0.0712 e. The van der Waals surface area contributed by atoms with Crippen LogP contribution < -0.4 is 0 Å². The largest absolute Gasteiger partial charge is 0.248 e. The van der Waals surface area contributed by atoms with Gasteiger partial charge < -0.3 is 0 Å². The maximum atomic E-state index is 7.60. The normalized spacial score (nSPS) is 16.5. The quantitative estimate of drug-likeness (QED) is 0.602. The highest BCUT2D eigenvalue weighted by molar-refractivity contribution is 5.82. The summed E-state index contributed by atoms with van der Waals surface area (Å²) >= 11 is 0. The van der Waals surface area contributed by atoms with Gasteiger partial charge in [0.2, 0.25) is 0 Å². The van der Waals surface area contributed by atoms with E-state index in [1.165, 1.54) is 0 Å². The minimum atomic E-state index is -2.55. The molecule has 0 bridgehead atoms. The molecule has 112 valence electrons. The number of fused-ring (bicyclic) bond motifs is 1. The second-order valence-electron chi connectivity index (χ2n) is 5.86. The van der Waals surface area contributed by atoms with Crippen LogP contribution in [0.1, 0.15) is 38.6 Å². The molecule has 3 rings (SSSR count). The molecule has 1 nitrogen and oxygen atoms in total. The minimum Gasteiger partial charge on any atom is -0.248 e. The Labute approximate surface area is 141 Å². The predicted molar refractivity (Wildman–Crippen MR) is 95.2 cm³/mol. The van der Waals surface area contributed by atoms with E-state index in [1.54, 1.807) is 12.1 Å². The Morgan fingerprint density at radius 1 is 0.955 bits per heavy atom. The van der Waals surface area contributed by atoms with Gasteiger partial charge in [-0.25, -0.2) is 4.98 Å². The van der Waals surface area contributed by atoms with Gasteiger partial charge in [-0.1, -0.05) is 49.1 Å². The Bertz CT molecular complexity index is 970. The highest BCUT2D eigenvalue weighted by atomic mass is 14.7. The third kappa shape index (κ3) is 3.19. The number of rotatable bonds is 3. The van der Waals surface area contributed by atoms with E-state index in [0.717, 1.165) is 33.3 Å². The molecule has 0 N–H and O–H groups in total.